The van der Waals surface area contributed by atoms with Crippen LogP contribution in [0.5, 0.6) is 0 Å². The summed E-state index contributed by atoms with van der Waals surface area (Å²) in [4.78, 5) is 33.0. The Morgan fingerprint density at radius 2 is 1.53 bits per heavy atom. The van der Waals surface area contributed by atoms with Gasteiger partial charge in [-0.15, -0.1) is 0 Å². The number of aliphatic hydroxyl groups is 1. The number of β-amino-alcohol motifs (C(OH)–C–C–N with tert-alkyl or cyclic N) is 1. The van der Waals surface area contributed by atoms with Gasteiger partial charge in [-0.05, 0) is 30.5 Å². The van der Waals surface area contributed by atoms with Crippen molar-refractivity contribution in [3.8, 4) is 0 Å². The van der Waals surface area contributed by atoms with Crippen LogP contribution in [0.4, 0.5) is 0 Å². The number of nitrogens with zero attached hydrogens (tertiary/aromatic N) is 3. The zero-order valence-electron chi connectivity index (χ0n) is 17.4. The molecule has 2 fully saturated rings. The normalized spacial score (nSPS) is 22.2. The molecule has 0 unspecified atom stereocenters. The Morgan fingerprint density at radius 1 is 0.900 bits per heavy atom. The third-order valence-electron chi connectivity index (χ3n) is 6.52. The lowest BCUT2D eigenvalue weighted by atomic mass is 10.0. The van der Waals surface area contributed by atoms with Gasteiger partial charge in [0.25, 0.3) is 11.8 Å². The predicted octanol–water partition coefficient (Wildman–Crippen LogP) is 2.75. The fraction of sp³-hybridized carbons (Fsp3) is 0.565. The molecule has 1 saturated heterocycles. The molecule has 3 aliphatic rings. The molecule has 1 saturated carbocycles. The molecule has 0 radical (unpaired) electrons. The Balaban J connectivity index is 1.66. The summed E-state index contributed by atoms with van der Waals surface area (Å²) in [6, 6.07) is 7.20. The highest BCUT2D eigenvalue weighted by atomic mass is 35.5. The van der Waals surface area contributed by atoms with Gasteiger partial charge in [0.15, 0.2) is 0 Å². The first-order chi connectivity index (χ1) is 14.6. The molecule has 1 aliphatic carbocycles. The summed E-state index contributed by atoms with van der Waals surface area (Å²) >= 11 is 6.07. The number of aliphatic hydroxyl groups excluding tert-OH is 1. The number of imide groups is 1. The van der Waals surface area contributed by atoms with Crippen molar-refractivity contribution in [3.05, 3.63) is 40.5 Å². The number of amides is 2. The van der Waals surface area contributed by atoms with Crippen molar-refractivity contribution in [2.75, 3.05) is 39.3 Å². The van der Waals surface area contributed by atoms with Gasteiger partial charge in [0.1, 0.15) is 5.70 Å². The Bertz CT molecular complexity index is 807. The number of benzene rings is 1. The van der Waals surface area contributed by atoms with E-state index in [1.807, 2.05) is 12.1 Å². The van der Waals surface area contributed by atoms with Gasteiger partial charge in [0.05, 0.1) is 12.2 Å². The monoisotopic (exact) mass is 431 g/mol. The number of halogens is 1. The minimum atomic E-state index is -0.165. The van der Waals surface area contributed by atoms with Crippen molar-refractivity contribution in [1.82, 2.24) is 14.7 Å². The molecule has 7 heteroatoms. The molecule has 2 aliphatic heterocycles. The predicted molar refractivity (Wildman–Crippen MR) is 117 cm³/mol. The van der Waals surface area contributed by atoms with Crippen molar-refractivity contribution < 1.29 is 14.7 Å². The van der Waals surface area contributed by atoms with Crippen molar-refractivity contribution in [2.24, 2.45) is 0 Å². The molecule has 0 aromatic heterocycles. The van der Waals surface area contributed by atoms with Gasteiger partial charge in [-0.25, -0.2) is 0 Å². The number of piperazine rings is 1. The molecule has 1 aromatic carbocycles. The van der Waals surface area contributed by atoms with E-state index in [2.05, 4.69) is 9.80 Å². The molecular formula is C23H30ClN3O3. The van der Waals surface area contributed by atoms with E-state index >= 15 is 0 Å². The molecule has 6 nitrogen and oxygen atoms in total. The van der Waals surface area contributed by atoms with Crippen LogP contribution < -0.4 is 0 Å². The summed E-state index contributed by atoms with van der Waals surface area (Å²) in [5.41, 5.74) is 1.80. The Hall–Kier alpha value is -1.89. The Kier molecular flexibility index (Phi) is 6.76. The molecule has 1 N–H and O–H groups in total. The lowest BCUT2D eigenvalue weighted by molar-refractivity contribution is -0.140. The maximum atomic E-state index is 13.6. The average Bonchev–Trinajstić information content (AvgIpc) is 2.91. The average molecular weight is 432 g/mol. The number of hydrogen-bond acceptors (Lipinski definition) is 5. The Morgan fingerprint density at radius 3 is 2.13 bits per heavy atom. The van der Waals surface area contributed by atoms with Crippen LogP contribution >= 0.6 is 11.6 Å². The van der Waals surface area contributed by atoms with E-state index in [1.54, 1.807) is 17.0 Å². The van der Waals surface area contributed by atoms with E-state index in [4.69, 9.17) is 11.6 Å². The number of hydrogen-bond donors (Lipinski definition) is 1. The first-order valence-electron chi connectivity index (χ1n) is 11.1. The van der Waals surface area contributed by atoms with E-state index in [1.165, 1.54) is 12.8 Å². The van der Waals surface area contributed by atoms with Gasteiger partial charge in [0.2, 0.25) is 0 Å². The highest BCUT2D eigenvalue weighted by Crippen LogP contribution is 2.36. The van der Waals surface area contributed by atoms with Gasteiger partial charge in [0, 0.05) is 43.8 Å². The molecule has 0 atom stereocenters. The van der Waals surface area contributed by atoms with Crippen molar-refractivity contribution in [3.63, 3.8) is 0 Å². The topological polar surface area (TPSA) is 64.1 Å². The number of carbonyl (C=O) groups is 2. The molecule has 1 aromatic rings. The van der Waals surface area contributed by atoms with E-state index in [0.29, 0.717) is 35.9 Å². The summed E-state index contributed by atoms with van der Waals surface area (Å²) in [6.45, 7) is 3.64. The standard InChI is InChI=1S/C23H30ClN3O3/c24-18-9-7-17(8-10-18)20-21(26-13-11-25(12-14-26)15-16-28)23(30)27(22(20)29)19-5-3-1-2-4-6-19/h7-10,19,28H,1-6,11-16H2. The molecule has 30 heavy (non-hydrogen) atoms. The zero-order chi connectivity index (χ0) is 21.1. The van der Waals surface area contributed by atoms with Crippen LogP contribution in [0.25, 0.3) is 5.57 Å². The minimum Gasteiger partial charge on any atom is -0.395 e. The third kappa shape index (κ3) is 4.27. The molecule has 0 spiro atoms. The lowest BCUT2D eigenvalue weighted by Gasteiger charge is -2.36. The molecule has 4 rings (SSSR count). The smallest absolute Gasteiger partial charge is 0.278 e. The quantitative estimate of drug-likeness (QED) is 0.573. The third-order valence-corrected chi connectivity index (χ3v) is 6.77. The molecule has 162 valence electrons. The molecular weight excluding hydrogens is 402 g/mol. The largest absolute Gasteiger partial charge is 0.395 e. The fourth-order valence-electron chi connectivity index (χ4n) is 4.89. The van der Waals surface area contributed by atoms with Crippen molar-refractivity contribution in [2.45, 2.75) is 44.6 Å². The maximum absolute atomic E-state index is 13.6. The molecule has 2 heterocycles. The summed E-state index contributed by atoms with van der Waals surface area (Å²) in [5, 5.41) is 9.81. The Labute approximate surface area is 183 Å². The second-order valence-electron chi connectivity index (χ2n) is 8.41. The van der Waals surface area contributed by atoms with Gasteiger partial charge in [-0.2, -0.15) is 0 Å². The van der Waals surface area contributed by atoms with E-state index in [9.17, 15) is 14.7 Å². The SMILES string of the molecule is O=C1C(c2ccc(Cl)cc2)=C(N2CCN(CCO)CC2)C(=O)N1C1CCCCCC1. The van der Waals surface area contributed by atoms with Crippen LogP contribution in [-0.2, 0) is 9.59 Å². The zero-order valence-corrected chi connectivity index (χ0v) is 18.1. The van der Waals surface area contributed by atoms with Crippen LogP contribution in [0.1, 0.15) is 44.1 Å². The van der Waals surface area contributed by atoms with Crippen LogP contribution in [-0.4, -0.2) is 77.0 Å². The second-order valence-corrected chi connectivity index (χ2v) is 8.84. The molecule has 0 bridgehead atoms. The fourth-order valence-corrected chi connectivity index (χ4v) is 5.02. The highest BCUT2D eigenvalue weighted by Gasteiger charge is 2.45. The first-order valence-corrected chi connectivity index (χ1v) is 11.4. The lowest BCUT2D eigenvalue weighted by Crippen LogP contribution is -2.49. The minimum absolute atomic E-state index is 0.0111. The van der Waals surface area contributed by atoms with Gasteiger partial charge >= 0.3 is 0 Å². The van der Waals surface area contributed by atoms with E-state index in [0.717, 1.165) is 44.3 Å². The van der Waals surface area contributed by atoms with E-state index in [-0.39, 0.29) is 24.5 Å². The van der Waals surface area contributed by atoms with Gasteiger partial charge in [-0.1, -0.05) is 49.4 Å². The van der Waals surface area contributed by atoms with Crippen LogP contribution in [0.15, 0.2) is 30.0 Å². The summed E-state index contributed by atoms with van der Waals surface area (Å²) in [5.74, 6) is -0.311. The van der Waals surface area contributed by atoms with Gasteiger partial charge < -0.3 is 10.0 Å². The van der Waals surface area contributed by atoms with Crippen LogP contribution in [0.2, 0.25) is 5.02 Å². The van der Waals surface area contributed by atoms with Crippen LogP contribution in [0.3, 0.4) is 0 Å². The number of rotatable bonds is 5. The summed E-state index contributed by atoms with van der Waals surface area (Å²) in [6.07, 6.45) is 6.25. The van der Waals surface area contributed by atoms with Gasteiger partial charge in [-0.3, -0.25) is 19.4 Å². The maximum Gasteiger partial charge on any atom is 0.278 e. The summed E-state index contributed by atoms with van der Waals surface area (Å²) < 4.78 is 0. The first kappa shape index (κ1) is 21.3. The van der Waals surface area contributed by atoms with Crippen LogP contribution in [0, 0.1) is 0 Å². The molecule has 2 amide bonds. The van der Waals surface area contributed by atoms with Crippen molar-refractivity contribution >= 4 is 29.0 Å². The van der Waals surface area contributed by atoms with Crippen molar-refractivity contribution in [1.29, 1.82) is 0 Å². The highest BCUT2D eigenvalue weighted by molar-refractivity contribution is 6.36. The number of carbonyl (C=O) groups excluding carboxylic acids is 2. The van der Waals surface area contributed by atoms with E-state index < -0.39 is 0 Å². The second kappa shape index (κ2) is 9.50. The summed E-state index contributed by atoms with van der Waals surface area (Å²) in [7, 11) is 0.